The van der Waals surface area contributed by atoms with Crippen molar-refractivity contribution in [3.63, 3.8) is 0 Å². The first-order valence-corrected chi connectivity index (χ1v) is 8.72. The molecule has 138 valence electrons. The lowest BCUT2D eigenvalue weighted by molar-refractivity contribution is -0.385. The second-order valence-corrected chi connectivity index (χ2v) is 6.16. The average Bonchev–Trinajstić information content (AvgIpc) is 2.61. The Morgan fingerprint density at radius 1 is 1.23 bits per heavy atom. The molecule has 0 heterocycles. The number of thioether (sulfide) groups is 1. The largest absolute Gasteiger partial charge is 0.435 e. The van der Waals surface area contributed by atoms with Gasteiger partial charge in [-0.2, -0.15) is 8.78 Å². The Bertz CT molecular complexity index is 800. The molecule has 9 heteroatoms. The van der Waals surface area contributed by atoms with Gasteiger partial charge in [0.15, 0.2) is 0 Å². The van der Waals surface area contributed by atoms with Gasteiger partial charge < -0.3 is 10.1 Å². The Hall–Kier alpha value is -2.68. The van der Waals surface area contributed by atoms with Crippen molar-refractivity contribution in [3.05, 3.63) is 63.7 Å². The van der Waals surface area contributed by atoms with E-state index in [4.69, 9.17) is 0 Å². The number of hydrogen-bond donors (Lipinski definition) is 1. The topological polar surface area (TPSA) is 81.5 Å². The number of benzene rings is 2. The molecule has 0 fully saturated rings. The Balaban J connectivity index is 2.17. The van der Waals surface area contributed by atoms with Crippen LogP contribution in [-0.2, 0) is 0 Å². The van der Waals surface area contributed by atoms with Gasteiger partial charge in [-0.3, -0.25) is 14.9 Å². The van der Waals surface area contributed by atoms with Crippen molar-refractivity contribution >= 4 is 23.4 Å². The molecule has 1 unspecified atom stereocenters. The minimum absolute atomic E-state index is 0.00517. The molecule has 2 aromatic carbocycles. The van der Waals surface area contributed by atoms with Gasteiger partial charge in [-0.05, 0) is 43.0 Å². The fraction of sp³-hybridized carbons (Fsp3) is 0.235. The van der Waals surface area contributed by atoms with Gasteiger partial charge in [-0.15, -0.1) is 11.8 Å². The first-order valence-electron chi connectivity index (χ1n) is 7.50. The number of nitrogens with one attached hydrogen (secondary N) is 1. The second-order valence-electron chi connectivity index (χ2n) is 5.28. The maximum atomic E-state index is 12.5. The summed E-state index contributed by atoms with van der Waals surface area (Å²) in [5, 5.41) is 13.8. The molecule has 2 rings (SSSR count). The normalized spacial score (nSPS) is 11.9. The van der Waals surface area contributed by atoms with Gasteiger partial charge in [0.05, 0.1) is 11.0 Å². The standard InChI is InChI=1S/C17H16F2N2O4S/c1-10(11-3-5-12(6-4-11)25-17(18)19)20-16(22)14-9-13(26-2)7-8-15(14)21(23)24/h3-10,17H,1-2H3,(H,20,22). The predicted molar refractivity (Wildman–Crippen MR) is 93.8 cm³/mol. The number of halogens is 2. The maximum absolute atomic E-state index is 12.5. The van der Waals surface area contributed by atoms with Gasteiger partial charge in [-0.1, -0.05) is 12.1 Å². The van der Waals surface area contributed by atoms with E-state index in [1.165, 1.54) is 48.2 Å². The van der Waals surface area contributed by atoms with Gasteiger partial charge in [0, 0.05) is 11.0 Å². The summed E-state index contributed by atoms with van der Waals surface area (Å²) in [6.07, 6.45) is 1.80. The van der Waals surface area contributed by atoms with Crippen LogP contribution < -0.4 is 10.1 Å². The minimum Gasteiger partial charge on any atom is -0.435 e. The van der Waals surface area contributed by atoms with E-state index in [2.05, 4.69) is 10.1 Å². The summed E-state index contributed by atoms with van der Waals surface area (Å²) in [5.74, 6) is -0.585. The van der Waals surface area contributed by atoms with Crippen molar-refractivity contribution < 1.29 is 23.2 Å². The van der Waals surface area contributed by atoms with E-state index in [0.717, 1.165) is 4.90 Å². The summed E-state index contributed by atoms with van der Waals surface area (Å²) < 4.78 is 28.6. The van der Waals surface area contributed by atoms with Gasteiger partial charge in [0.25, 0.3) is 11.6 Å². The zero-order chi connectivity index (χ0) is 19.3. The van der Waals surface area contributed by atoms with Crippen LogP contribution in [0.25, 0.3) is 0 Å². The van der Waals surface area contributed by atoms with Crippen molar-refractivity contribution in [1.82, 2.24) is 5.32 Å². The average molecular weight is 382 g/mol. The van der Waals surface area contributed by atoms with E-state index in [1.54, 1.807) is 19.2 Å². The number of hydrogen-bond acceptors (Lipinski definition) is 5. The zero-order valence-corrected chi connectivity index (χ0v) is 14.8. The molecule has 6 nitrogen and oxygen atoms in total. The molecular weight excluding hydrogens is 366 g/mol. The molecule has 0 bridgehead atoms. The van der Waals surface area contributed by atoms with Crippen LogP contribution in [0.3, 0.4) is 0 Å². The minimum atomic E-state index is -2.91. The first kappa shape index (κ1) is 19.6. The molecule has 0 aliphatic carbocycles. The third-order valence-electron chi connectivity index (χ3n) is 3.60. The van der Waals surface area contributed by atoms with E-state index in [1.807, 2.05) is 0 Å². The molecule has 0 saturated carbocycles. The van der Waals surface area contributed by atoms with Crippen LogP contribution in [0.5, 0.6) is 5.75 Å². The molecular formula is C17H16F2N2O4S. The summed E-state index contributed by atoms with van der Waals surface area (Å²) in [5.41, 5.74) is 0.322. The number of amides is 1. The summed E-state index contributed by atoms with van der Waals surface area (Å²) >= 11 is 1.36. The highest BCUT2D eigenvalue weighted by atomic mass is 32.2. The van der Waals surface area contributed by atoms with Crippen molar-refractivity contribution in [2.45, 2.75) is 24.5 Å². The Labute approximate surface area is 152 Å². The number of carbonyl (C=O) groups is 1. The van der Waals surface area contributed by atoms with Crippen molar-refractivity contribution in [2.24, 2.45) is 0 Å². The van der Waals surface area contributed by atoms with E-state index in [9.17, 15) is 23.7 Å². The maximum Gasteiger partial charge on any atom is 0.387 e. The van der Waals surface area contributed by atoms with E-state index >= 15 is 0 Å². The van der Waals surface area contributed by atoms with Crippen LogP contribution >= 0.6 is 11.8 Å². The lowest BCUT2D eigenvalue weighted by atomic mass is 10.1. The van der Waals surface area contributed by atoms with Crippen molar-refractivity contribution in [3.8, 4) is 5.75 Å². The number of ether oxygens (including phenoxy) is 1. The monoisotopic (exact) mass is 382 g/mol. The molecule has 26 heavy (non-hydrogen) atoms. The lowest BCUT2D eigenvalue weighted by Gasteiger charge is -2.15. The molecule has 2 aromatic rings. The zero-order valence-electron chi connectivity index (χ0n) is 13.9. The highest BCUT2D eigenvalue weighted by molar-refractivity contribution is 7.98. The van der Waals surface area contributed by atoms with Crippen molar-refractivity contribution in [2.75, 3.05) is 6.26 Å². The van der Waals surface area contributed by atoms with Gasteiger partial charge in [0.2, 0.25) is 0 Å². The van der Waals surface area contributed by atoms with Crippen LogP contribution in [0.15, 0.2) is 47.4 Å². The molecule has 1 N–H and O–H groups in total. The summed E-state index contributed by atoms with van der Waals surface area (Å²) in [6.45, 7) is -1.23. The number of rotatable bonds is 7. The van der Waals surface area contributed by atoms with Crippen LogP contribution in [0.1, 0.15) is 28.9 Å². The molecule has 0 aliphatic heterocycles. The van der Waals surface area contributed by atoms with Gasteiger partial charge in [-0.25, -0.2) is 0 Å². The SMILES string of the molecule is CSc1ccc([N+](=O)[O-])c(C(=O)NC(C)c2ccc(OC(F)F)cc2)c1. The quantitative estimate of drug-likeness (QED) is 0.436. The number of carbonyl (C=O) groups excluding carboxylic acids is 1. The molecule has 1 atom stereocenters. The highest BCUT2D eigenvalue weighted by Gasteiger charge is 2.22. The Kier molecular flexibility index (Phi) is 6.51. The van der Waals surface area contributed by atoms with Crippen LogP contribution in [-0.4, -0.2) is 23.7 Å². The first-order chi connectivity index (χ1) is 12.3. The van der Waals surface area contributed by atoms with Crippen LogP contribution in [0.4, 0.5) is 14.5 Å². The van der Waals surface area contributed by atoms with Crippen molar-refractivity contribution in [1.29, 1.82) is 0 Å². The third kappa shape index (κ3) is 4.92. The summed E-state index contributed by atoms with van der Waals surface area (Å²) in [7, 11) is 0. The smallest absolute Gasteiger partial charge is 0.387 e. The lowest BCUT2D eigenvalue weighted by Crippen LogP contribution is -2.27. The molecule has 0 saturated heterocycles. The van der Waals surface area contributed by atoms with Gasteiger partial charge >= 0.3 is 6.61 Å². The summed E-state index contributed by atoms with van der Waals surface area (Å²) in [4.78, 5) is 23.7. The predicted octanol–water partition coefficient (Wildman–Crippen LogP) is 4.41. The molecule has 0 aromatic heterocycles. The van der Waals surface area contributed by atoms with E-state index < -0.39 is 23.5 Å². The third-order valence-corrected chi connectivity index (χ3v) is 4.32. The number of nitrogens with zero attached hydrogens (tertiary/aromatic N) is 1. The molecule has 0 radical (unpaired) electrons. The summed E-state index contributed by atoms with van der Waals surface area (Å²) in [6, 6.07) is 9.64. The molecule has 0 aliphatic rings. The fourth-order valence-corrected chi connectivity index (χ4v) is 2.72. The van der Waals surface area contributed by atoms with E-state index in [-0.39, 0.29) is 17.0 Å². The second kappa shape index (κ2) is 8.61. The number of nitro benzene ring substituents is 1. The number of nitro groups is 1. The molecule has 1 amide bonds. The van der Waals surface area contributed by atoms with Gasteiger partial charge in [0.1, 0.15) is 11.3 Å². The fourth-order valence-electron chi connectivity index (χ4n) is 2.28. The highest BCUT2D eigenvalue weighted by Crippen LogP contribution is 2.26. The van der Waals surface area contributed by atoms with E-state index in [0.29, 0.717) is 5.56 Å². The number of alkyl halides is 2. The van der Waals surface area contributed by atoms with Crippen LogP contribution in [0.2, 0.25) is 0 Å². The molecule has 0 spiro atoms. The Morgan fingerprint density at radius 2 is 1.88 bits per heavy atom. The van der Waals surface area contributed by atoms with Crippen LogP contribution in [0, 0.1) is 10.1 Å². The Morgan fingerprint density at radius 3 is 2.42 bits per heavy atom.